The maximum absolute atomic E-state index is 11.2. The van der Waals surface area contributed by atoms with Crippen molar-refractivity contribution in [3.63, 3.8) is 0 Å². The highest BCUT2D eigenvalue weighted by atomic mass is 32.2. The van der Waals surface area contributed by atoms with Gasteiger partial charge in [-0.3, -0.25) is 9.36 Å². The van der Waals surface area contributed by atoms with Gasteiger partial charge in [-0.1, -0.05) is 42.1 Å². The molecule has 1 heterocycles. The highest BCUT2D eigenvalue weighted by Crippen LogP contribution is 2.29. The van der Waals surface area contributed by atoms with Gasteiger partial charge in [-0.05, 0) is 30.7 Å². The van der Waals surface area contributed by atoms with Crippen LogP contribution in [0, 0.1) is 6.92 Å². The molecule has 7 nitrogen and oxygen atoms in total. The predicted molar refractivity (Wildman–Crippen MR) is 103 cm³/mol. The minimum atomic E-state index is -0.424. The standard InChI is InChI=1S/C19H20N4O3S/c1-13-7-3-5-9-15(13)26-11-18-21-22-19(27-12-17(20)24)23(18)14-8-4-6-10-16(14)25-2/h3-10H,11-12H2,1-2H3,(H2,20,24). The van der Waals surface area contributed by atoms with Crippen LogP contribution in [0.5, 0.6) is 11.5 Å². The number of amides is 1. The van der Waals surface area contributed by atoms with Gasteiger partial charge >= 0.3 is 0 Å². The molecule has 0 aliphatic carbocycles. The fourth-order valence-corrected chi connectivity index (χ4v) is 3.24. The molecule has 3 rings (SSSR count). The first kappa shape index (κ1) is 18.8. The lowest BCUT2D eigenvalue weighted by molar-refractivity contribution is -0.115. The minimum Gasteiger partial charge on any atom is -0.495 e. The van der Waals surface area contributed by atoms with E-state index in [0.717, 1.165) is 17.0 Å². The number of para-hydroxylation sites is 3. The molecule has 8 heteroatoms. The Morgan fingerprint density at radius 1 is 1.11 bits per heavy atom. The molecule has 0 bridgehead atoms. The van der Waals surface area contributed by atoms with Gasteiger partial charge in [0.25, 0.3) is 0 Å². The third-order valence-corrected chi connectivity index (χ3v) is 4.77. The summed E-state index contributed by atoms with van der Waals surface area (Å²) in [6, 6.07) is 15.3. The van der Waals surface area contributed by atoms with E-state index in [4.69, 9.17) is 15.2 Å². The first-order chi connectivity index (χ1) is 13.1. The number of benzene rings is 2. The van der Waals surface area contributed by atoms with E-state index in [0.29, 0.717) is 16.7 Å². The molecule has 0 fully saturated rings. The zero-order valence-corrected chi connectivity index (χ0v) is 15.9. The number of aromatic nitrogens is 3. The van der Waals surface area contributed by atoms with E-state index in [2.05, 4.69) is 10.2 Å². The van der Waals surface area contributed by atoms with Gasteiger partial charge in [0, 0.05) is 0 Å². The lowest BCUT2D eigenvalue weighted by atomic mass is 10.2. The van der Waals surface area contributed by atoms with Crippen molar-refractivity contribution < 1.29 is 14.3 Å². The van der Waals surface area contributed by atoms with Crippen LogP contribution in [0.4, 0.5) is 0 Å². The van der Waals surface area contributed by atoms with Gasteiger partial charge in [0.05, 0.1) is 18.6 Å². The molecule has 0 unspecified atom stereocenters. The van der Waals surface area contributed by atoms with Crippen LogP contribution >= 0.6 is 11.8 Å². The molecule has 0 radical (unpaired) electrons. The Morgan fingerprint density at radius 3 is 2.52 bits per heavy atom. The Morgan fingerprint density at radius 2 is 1.81 bits per heavy atom. The minimum absolute atomic E-state index is 0.103. The van der Waals surface area contributed by atoms with E-state index in [1.165, 1.54) is 11.8 Å². The fraction of sp³-hybridized carbons (Fsp3) is 0.211. The number of carbonyl (C=O) groups is 1. The average Bonchev–Trinajstić information content (AvgIpc) is 3.08. The number of primary amides is 1. The second kappa shape index (κ2) is 8.59. The summed E-state index contributed by atoms with van der Waals surface area (Å²) in [5.74, 6) is 1.71. The molecule has 0 saturated heterocycles. The zero-order valence-electron chi connectivity index (χ0n) is 15.1. The van der Waals surface area contributed by atoms with E-state index in [1.807, 2.05) is 60.0 Å². The summed E-state index contributed by atoms with van der Waals surface area (Å²) in [4.78, 5) is 11.2. The van der Waals surface area contributed by atoms with Crippen molar-refractivity contribution in [2.24, 2.45) is 5.73 Å². The number of ether oxygens (including phenoxy) is 2. The van der Waals surface area contributed by atoms with Crippen molar-refractivity contribution in [2.75, 3.05) is 12.9 Å². The quantitative estimate of drug-likeness (QED) is 0.601. The fourth-order valence-electron chi connectivity index (χ4n) is 2.54. The van der Waals surface area contributed by atoms with Gasteiger partial charge in [-0.15, -0.1) is 10.2 Å². The molecule has 2 aromatic carbocycles. The molecule has 140 valence electrons. The van der Waals surface area contributed by atoms with Crippen LogP contribution in [0.3, 0.4) is 0 Å². The summed E-state index contributed by atoms with van der Waals surface area (Å²) in [6.07, 6.45) is 0. The third-order valence-electron chi connectivity index (χ3n) is 3.82. The molecule has 1 aromatic heterocycles. The van der Waals surface area contributed by atoms with Crippen molar-refractivity contribution in [3.8, 4) is 17.2 Å². The Bertz CT molecular complexity index is 942. The molecule has 1 amide bonds. The first-order valence-corrected chi connectivity index (χ1v) is 9.26. The van der Waals surface area contributed by atoms with Crippen LogP contribution in [0.25, 0.3) is 5.69 Å². The SMILES string of the molecule is COc1ccccc1-n1c(COc2ccccc2C)nnc1SCC(N)=O. The Labute approximate surface area is 161 Å². The third kappa shape index (κ3) is 4.40. The molecular weight excluding hydrogens is 364 g/mol. The van der Waals surface area contributed by atoms with Gasteiger partial charge in [-0.2, -0.15) is 0 Å². The van der Waals surface area contributed by atoms with E-state index in [-0.39, 0.29) is 12.4 Å². The van der Waals surface area contributed by atoms with E-state index < -0.39 is 5.91 Å². The number of hydrogen-bond acceptors (Lipinski definition) is 6. The van der Waals surface area contributed by atoms with E-state index in [1.54, 1.807) is 7.11 Å². The summed E-state index contributed by atoms with van der Waals surface area (Å²) in [5.41, 5.74) is 7.07. The van der Waals surface area contributed by atoms with E-state index >= 15 is 0 Å². The summed E-state index contributed by atoms with van der Waals surface area (Å²) in [6.45, 7) is 2.20. The number of carbonyl (C=O) groups excluding carboxylic acids is 1. The Balaban J connectivity index is 1.96. The average molecular weight is 384 g/mol. The number of hydrogen-bond donors (Lipinski definition) is 1. The largest absolute Gasteiger partial charge is 0.495 e. The molecule has 3 aromatic rings. The summed E-state index contributed by atoms with van der Waals surface area (Å²) >= 11 is 1.22. The molecule has 0 atom stereocenters. The van der Waals surface area contributed by atoms with Gasteiger partial charge in [0.2, 0.25) is 5.91 Å². The van der Waals surface area contributed by atoms with Crippen molar-refractivity contribution in [1.29, 1.82) is 0 Å². The zero-order chi connectivity index (χ0) is 19.2. The van der Waals surface area contributed by atoms with Gasteiger partial charge in [-0.25, -0.2) is 0 Å². The van der Waals surface area contributed by atoms with Crippen LogP contribution in [-0.4, -0.2) is 33.5 Å². The van der Waals surface area contributed by atoms with Crippen molar-refractivity contribution >= 4 is 17.7 Å². The second-order valence-corrected chi connectivity index (χ2v) is 6.66. The molecule has 0 aliphatic rings. The second-order valence-electron chi connectivity index (χ2n) is 5.72. The van der Waals surface area contributed by atoms with Gasteiger partial charge < -0.3 is 15.2 Å². The summed E-state index contributed by atoms with van der Waals surface area (Å²) in [5, 5.41) is 9.00. The smallest absolute Gasteiger partial charge is 0.227 e. The monoisotopic (exact) mass is 384 g/mol. The van der Waals surface area contributed by atoms with Crippen LogP contribution in [-0.2, 0) is 11.4 Å². The Kier molecular flexibility index (Phi) is 5.97. The molecule has 27 heavy (non-hydrogen) atoms. The lowest BCUT2D eigenvalue weighted by Gasteiger charge is -2.14. The van der Waals surface area contributed by atoms with Crippen molar-refractivity contribution in [1.82, 2.24) is 14.8 Å². The number of thioether (sulfide) groups is 1. The number of nitrogens with two attached hydrogens (primary N) is 1. The molecule has 0 saturated carbocycles. The number of nitrogens with zero attached hydrogens (tertiary/aromatic N) is 3. The number of aryl methyl sites for hydroxylation is 1. The first-order valence-electron chi connectivity index (χ1n) is 8.27. The highest BCUT2D eigenvalue weighted by molar-refractivity contribution is 7.99. The molecule has 0 spiro atoms. The number of rotatable bonds is 8. The van der Waals surface area contributed by atoms with Gasteiger partial charge in [0.1, 0.15) is 18.1 Å². The lowest BCUT2D eigenvalue weighted by Crippen LogP contribution is -2.14. The van der Waals surface area contributed by atoms with E-state index in [9.17, 15) is 4.79 Å². The van der Waals surface area contributed by atoms with Crippen LogP contribution in [0.2, 0.25) is 0 Å². The van der Waals surface area contributed by atoms with Crippen LogP contribution in [0.15, 0.2) is 53.7 Å². The van der Waals surface area contributed by atoms with Crippen LogP contribution < -0.4 is 15.2 Å². The summed E-state index contributed by atoms with van der Waals surface area (Å²) in [7, 11) is 1.60. The van der Waals surface area contributed by atoms with Gasteiger partial charge in [0.15, 0.2) is 11.0 Å². The summed E-state index contributed by atoms with van der Waals surface area (Å²) < 4.78 is 13.2. The predicted octanol–water partition coefficient (Wildman–Crippen LogP) is 2.74. The van der Waals surface area contributed by atoms with Crippen molar-refractivity contribution in [3.05, 3.63) is 59.9 Å². The topological polar surface area (TPSA) is 92.3 Å². The normalized spacial score (nSPS) is 10.6. The highest BCUT2D eigenvalue weighted by Gasteiger charge is 2.18. The van der Waals surface area contributed by atoms with Crippen LogP contribution in [0.1, 0.15) is 11.4 Å². The molecule has 2 N–H and O–H groups in total. The Hall–Kier alpha value is -3.00. The number of methoxy groups -OCH3 is 1. The van der Waals surface area contributed by atoms with Crippen molar-refractivity contribution in [2.45, 2.75) is 18.7 Å². The molecule has 0 aliphatic heterocycles. The maximum atomic E-state index is 11.2. The molecular formula is C19H20N4O3S. The maximum Gasteiger partial charge on any atom is 0.227 e.